The second-order valence-electron chi connectivity index (χ2n) is 6.17. The topological polar surface area (TPSA) is 89.3 Å². The number of nitrogens with two attached hydrogens (primary N) is 1. The molecule has 0 aromatic carbocycles. The molecular formula is C14H26N2O3S. The van der Waals surface area contributed by atoms with Crippen molar-refractivity contribution < 1.29 is 13.2 Å². The van der Waals surface area contributed by atoms with E-state index in [1.807, 2.05) is 0 Å². The number of carbonyl (C=O) groups excluding carboxylic acids is 1. The van der Waals surface area contributed by atoms with Crippen molar-refractivity contribution in [1.29, 1.82) is 0 Å². The van der Waals surface area contributed by atoms with Crippen molar-refractivity contribution in [1.82, 2.24) is 5.32 Å². The summed E-state index contributed by atoms with van der Waals surface area (Å²) in [4.78, 5) is 12.0. The predicted octanol–water partition coefficient (Wildman–Crippen LogP) is 0.977. The molecule has 0 radical (unpaired) electrons. The Bertz CT molecular complexity index is 430. The first-order valence-corrected chi connectivity index (χ1v) is 9.45. The first-order chi connectivity index (χ1) is 9.53. The summed E-state index contributed by atoms with van der Waals surface area (Å²) in [6.07, 6.45) is 7.51. The molecule has 0 heterocycles. The van der Waals surface area contributed by atoms with Crippen molar-refractivity contribution in [2.75, 3.05) is 12.3 Å². The van der Waals surface area contributed by atoms with Crippen LogP contribution in [0, 0.1) is 5.92 Å². The summed E-state index contributed by atoms with van der Waals surface area (Å²) in [5.41, 5.74) is 5.73. The standard InChI is InChI=1S/C14H26N2O3S/c15-9-11-5-1-4-8-13(11)16-14(17)10-20(18,19)12-6-2-3-7-12/h11-13H,1-10,15H2,(H,16,17). The van der Waals surface area contributed by atoms with Gasteiger partial charge < -0.3 is 11.1 Å². The molecule has 0 bridgehead atoms. The normalized spacial score (nSPS) is 28.4. The molecule has 116 valence electrons. The lowest BCUT2D eigenvalue weighted by atomic mass is 9.84. The molecule has 2 saturated carbocycles. The molecule has 2 aliphatic carbocycles. The van der Waals surface area contributed by atoms with Gasteiger partial charge in [-0.1, -0.05) is 25.7 Å². The van der Waals surface area contributed by atoms with Crippen LogP contribution >= 0.6 is 0 Å². The van der Waals surface area contributed by atoms with E-state index in [0.29, 0.717) is 25.3 Å². The van der Waals surface area contributed by atoms with Gasteiger partial charge >= 0.3 is 0 Å². The molecule has 0 saturated heterocycles. The van der Waals surface area contributed by atoms with Crippen molar-refractivity contribution in [3.8, 4) is 0 Å². The Morgan fingerprint density at radius 2 is 1.65 bits per heavy atom. The summed E-state index contributed by atoms with van der Waals surface area (Å²) in [5.74, 6) is -0.407. The van der Waals surface area contributed by atoms with Crippen molar-refractivity contribution in [3.05, 3.63) is 0 Å². The fourth-order valence-corrected chi connectivity index (χ4v) is 5.21. The van der Waals surface area contributed by atoms with Gasteiger partial charge in [0.25, 0.3) is 0 Å². The van der Waals surface area contributed by atoms with Crippen molar-refractivity contribution >= 4 is 15.7 Å². The zero-order valence-corrected chi connectivity index (χ0v) is 12.8. The third-order valence-electron chi connectivity index (χ3n) is 4.70. The molecule has 0 aromatic heterocycles. The molecule has 2 rings (SSSR count). The first kappa shape index (κ1) is 15.8. The number of sulfone groups is 1. The van der Waals surface area contributed by atoms with Crippen LogP contribution in [0.15, 0.2) is 0 Å². The van der Waals surface area contributed by atoms with Gasteiger partial charge in [0.15, 0.2) is 9.84 Å². The Morgan fingerprint density at radius 3 is 2.30 bits per heavy atom. The van der Waals surface area contributed by atoms with Gasteiger partial charge in [0.05, 0.1) is 5.25 Å². The van der Waals surface area contributed by atoms with Crippen LogP contribution in [0.4, 0.5) is 0 Å². The first-order valence-electron chi connectivity index (χ1n) is 7.74. The van der Waals surface area contributed by atoms with Gasteiger partial charge in [-0.2, -0.15) is 0 Å². The summed E-state index contributed by atoms with van der Waals surface area (Å²) >= 11 is 0. The average Bonchev–Trinajstić information content (AvgIpc) is 2.93. The second-order valence-corrected chi connectivity index (χ2v) is 8.45. The second kappa shape index (κ2) is 6.89. The third-order valence-corrected chi connectivity index (χ3v) is 6.85. The summed E-state index contributed by atoms with van der Waals surface area (Å²) in [6.45, 7) is 0.556. The fraction of sp³-hybridized carbons (Fsp3) is 0.929. The zero-order chi connectivity index (χ0) is 14.6. The van der Waals surface area contributed by atoms with Crippen LogP contribution in [-0.4, -0.2) is 37.9 Å². The van der Waals surface area contributed by atoms with Crippen LogP contribution in [0.1, 0.15) is 51.4 Å². The van der Waals surface area contributed by atoms with Gasteiger partial charge in [-0.3, -0.25) is 4.79 Å². The van der Waals surface area contributed by atoms with E-state index in [1.54, 1.807) is 0 Å². The van der Waals surface area contributed by atoms with E-state index in [2.05, 4.69) is 5.32 Å². The van der Waals surface area contributed by atoms with Gasteiger partial charge in [-0.25, -0.2) is 8.42 Å². The Hall–Kier alpha value is -0.620. The van der Waals surface area contributed by atoms with Gasteiger partial charge in [0.1, 0.15) is 5.75 Å². The maximum atomic E-state index is 12.2. The predicted molar refractivity (Wildman–Crippen MR) is 79.0 cm³/mol. The van der Waals surface area contributed by atoms with Gasteiger partial charge in [-0.15, -0.1) is 0 Å². The number of hydrogen-bond acceptors (Lipinski definition) is 4. The number of amides is 1. The van der Waals surface area contributed by atoms with Crippen LogP contribution in [0.5, 0.6) is 0 Å². The minimum absolute atomic E-state index is 0.0556. The molecular weight excluding hydrogens is 276 g/mol. The molecule has 2 aliphatic rings. The maximum absolute atomic E-state index is 12.2. The quantitative estimate of drug-likeness (QED) is 0.792. The maximum Gasteiger partial charge on any atom is 0.235 e. The number of carbonyl (C=O) groups is 1. The van der Waals surface area contributed by atoms with E-state index in [4.69, 9.17) is 5.73 Å². The SMILES string of the molecule is NCC1CCCCC1NC(=O)CS(=O)(=O)C1CCCC1. The van der Waals surface area contributed by atoms with Crippen LogP contribution in [0.25, 0.3) is 0 Å². The minimum atomic E-state index is -3.28. The molecule has 2 fully saturated rings. The smallest absolute Gasteiger partial charge is 0.235 e. The van der Waals surface area contributed by atoms with Crippen LogP contribution in [0.2, 0.25) is 0 Å². The lowest BCUT2D eigenvalue weighted by molar-refractivity contribution is -0.119. The Kier molecular flexibility index (Phi) is 5.43. The Morgan fingerprint density at radius 1 is 1.05 bits per heavy atom. The fourth-order valence-electron chi connectivity index (χ4n) is 3.48. The van der Waals surface area contributed by atoms with E-state index in [-0.39, 0.29) is 23.0 Å². The molecule has 2 unspecified atom stereocenters. The van der Waals surface area contributed by atoms with Crippen LogP contribution < -0.4 is 11.1 Å². The van der Waals surface area contributed by atoms with Gasteiger partial charge in [0, 0.05) is 6.04 Å². The number of rotatable bonds is 5. The van der Waals surface area contributed by atoms with Crippen LogP contribution in [0.3, 0.4) is 0 Å². The molecule has 6 heteroatoms. The Balaban J connectivity index is 1.88. The summed E-state index contributed by atoms with van der Waals surface area (Å²) in [7, 11) is -3.28. The highest BCUT2D eigenvalue weighted by molar-refractivity contribution is 7.92. The number of nitrogens with one attached hydrogen (secondary N) is 1. The molecule has 0 aliphatic heterocycles. The van der Waals surface area contributed by atoms with E-state index < -0.39 is 9.84 Å². The monoisotopic (exact) mass is 302 g/mol. The lowest BCUT2D eigenvalue weighted by Gasteiger charge is -2.31. The minimum Gasteiger partial charge on any atom is -0.352 e. The van der Waals surface area contributed by atoms with Gasteiger partial charge in [-0.05, 0) is 38.1 Å². The highest BCUT2D eigenvalue weighted by Gasteiger charge is 2.32. The Labute approximate surface area is 121 Å². The van der Waals surface area contributed by atoms with E-state index in [1.165, 1.54) is 0 Å². The molecule has 20 heavy (non-hydrogen) atoms. The van der Waals surface area contributed by atoms with E-state index in [0.717, 1.165) is 38.5 Å². The molecule has 1 amide bonds. The molecule has 2 atom stereocenters. The van der Waals surface area contributed by atoms with Crippen molar-refractivity contribution in [2.45, 2.75) is 62.7 Å². The number of hydrogen-bond donors (Lipinski definition) is 2. The highest BCUT2D eigenvalue weighted by Crippen LogP contribution is 2.26. The lowest BCUT2D eigenvalue weighted by Crippen LogP contribution is -2.47. The summed E-state index contributed by atoms with van der Waals surface area (Å²) < 4.78 is 24.3. The average molecular weight is 302 g/mol. The van der Waals surface area contributed by atoms with E-state index in [9.17, 15) is 13.2 Å². The third kappa shape index (κ3) is 3.95. The van der Waals surface area contributed by atoms with Crippen molar-refractivity contribution in [3.63, 3.8) is 0 Å². The molecule has 0 aromatic rings. The molecule has 3 N–H and O–H groups in total. The summed E-state index contributed by atoms with van der Waals surface area (Å²) in [5, 5.41) is 2.60. The molecule has 0 spiro atoms. The van der Waals surface area contributed by atoms with Crippen LogP contribution in [-0.2, 0) is 14.6 Å². The summed E-state index contributed by atoms with van der Waals surface area (Å²) in [6, 6.07) is 0.0556. The zero-order valence-electron chi connectivity index (χ0n) is 12.0. The van der Waals surface area contributed by atoms with E-state index >= 15 is 0 Å². The highest BCUT2D eigenvalue weighted by atomic mass is 32.2. The van der Waals surface area contributed by atoms with Gasteiger partial charge in [0.2, 0.25) is 5.91 Å². The van der Waals surface area contributed by atoms with Crippen molar-refractivity contribution in [2.24, 2.45) is 11.7 Å². The molecule has 5 nitrogen and oxygen atoms in total. The largest absolute Gasteiger partial charge is 0.352 e.